The summed E-state index contributed by atoms with van der Waals surface area (Å²) in [5.41, 5.74) is 5.60. The Balaban J connectivity index is 2.34. The fraction of sp³-hybridized carbons (Fsp3) is 0.667. The lowest BCUT2D eigenvalue weighted by Gasteiger charge is -2.20. The summed E-state index contributed by atoms with van der Waals surface area (Å²) in [4.78, 5) is 15.6. The SMILES string of the molecule is CCNC1[C@@H](CO)O[C@@H](n2cc(C)c(N)nc2=O)[C@H]1O. The van der Waals surface area contributed by atoms with E-state index in [4.69, 9.17) is 10.5 Å². The minimum Gasteiger partial charge on any atom is -0.394 e. The van der Waals surface area contributed by atoms with Crippen molar-refractivity contribution in [2.75, 3.05) is 18.9 Å². The van der Waals surface area contributed by atoms with Gasteiger partial charge in [0.15, 0.2) is 6.23 Å². The van der Waals surface area contributed by atoms with Gasteiger partial charge in [0.2, 0.25) is 0 Å². The standard InChI is InChI=1S/C12H20N4O4/c1-3-14-8-7(5-17)20-11(9(8)18)16-4-6(2)10(13)15-12(16)19/h4,7-9,11,14,17-18H,3,5H2,1-2H3,(H2,13,15,19)/t7-,8?,9+,11-/m1/s1. The summed E-state index contributed by atoms with van der Waals surface area (Å²) in [7, 11) is 0. The summed E-state index contributed by atoms with van der Waals surface area (Å²) >= 11 is 0. The van der Waals surface area contributed by atoms with Crippen molar-refractivity contribution in [3.05, 3.63) is 22.2 Å². The molecule has 0 bridgehead atoms. The molecule has 20 heavy (non-hydrogen) atoms. The monoisotopic (exact) mass is 284 g/mol. The van der Waals surface area contributed by atoms with Crippen molar-refractivity contribution >= 4 is 5.82 Å². The maximum Gasteiger partial charge on any atom is 0.351 e. The van der Waals surface area contributed by atoms with Gasteiger partial charge in [-0.2, -0.15) is 4.98 Å². The first-order chi connectivity index (χ1) is 9.49. The van der Waals surface area contributed by atoms with E-state index in [0.717, 1.165) is 0 Å². The molecule has 1 aliphatic heterocycles. The predicted octanol–water partition coefficient (Wildman–Crippen LogP) is -1.64. The third kappa shape index (κ3) is 2.55. The quantitative estimate of drug-likeness (QED) is 0.523. The minimum atomic E-state index is -0.963. The summed E-state index contributed by atoms with van der Waals surface area (Å²) in [6.07, 6.45) is -0.939. The Morgan fingerprint density at radius 1 is 1.60 bits per heavy atom. The summed E-state index contributed by atoms with van der Waals surface area (Å²) in [5, 5.41) is 22.7. The van der Waals surface area contributed by atoms with Gasteiger partial charge in [-0.25, -0.2) is 4.79 Å². The number of aryl methyl sites for hydroxylation is 1. The fourth-order valence-electron chi connectivity index (χ4n) is 2.38. The molecule has 8 nitrogen and oxygen atoms in total. The Bertz CT molecular complexity index is 533. The van der Waals surface area contributed by atoms with Crippen LogP contribution >= 0.6 is 0 Å². The number of likely N-dealkylation sites (N-methyl/N-ethyl adjacent to an activating group) is 1. The molecule has 0 radical (unpaired) electrons. The molecule has 1 saturated heterocycles. The molecule has 0 aliphatic carbocycles. The molecule has 1 aromatic heterocycles. The van der Waals surface area contributed by atoms with Crippen molar-refractivity contribution in [2.45, 2.75) is 38.3 Å². The summed E-state index contributed by atoms with van der Waals surface area (Å²) in [6.45, 7) is 3.96. The van der Waals surface area contributed by atoms with E-state index in [2.05, 4.69) is 10.3 Å². The number of aliphatic hydroxyl groups excluding tert-OH is 2. The van der Waals surface area contributed by atoms with Gasteiger partial charge in [-0.05, 0) is 13.5 Å². The Labute approximate surface area is 116 Å². The highest BCUT2D eigenvalue weighted by Crippen LogP contribution is 2.28. The Morgan fingerprint density at radius 2 is 2.30 bits per heavy atom. The van der Waals surface area contributed by atoms with Crippen molar-refractivity contribution in [1.82, 2.24) is 14.9 Å². The normalized spacial score (nSPS) is 29.8. The van der Waals surface area contributed by atoms with E-state index in [1.807, 2.05) is 6.92 Å². The van der Waals surface area contributed by atoms with Crippen LogP contribution in [0.1, 0.15) is 18.7 Å². The Kier molecular flexibility index (Phi) is 4.39. The van der Waals surface area contributed by atoms with E-state index in [-0.39, 0.29) is 12.4 Å². The van der Waals surface area contributed by atoms with Crippen LogP contribution in [0, 0.1) is 6.92 Å². The van der Waals surface area contributed by atoms with E-state index in [1.165, 1.54) is 10.8 Å². The van der Waals surface area contributed by atoms with E-state index in [1.54, 1.807) is 6.92 Å². The number of nitrogens with zero attached hydrogens (tertiary/aromatic N) is 2. The molecule has 0 spiro atoms. The zero-order valence-electron chi connectivity index (χ0n) is 11.5. The Hall–Kier alpha value is -1.48. The molecule has 4 atom stereocenters. The summed E-state index contributed by atoms with van der Waals surface area (Å²) in [5.74, 6) is 0.153. The second-order valence-electron chi connectivity index (χ2n) is 4.82. The average molecular weight is 284 g/mol. The van der Waals surface area contributed by atoms with Gasteiger partial charge in [-0.15, -0.1) is 0 Å². The second-order valence-corrected chi connectivity index (χ2v) is 4.82. The first kappa shape index (κ1) is 14.9. The highest BCUT2D eigenvalue weighted by Gasteiger charge is 2.44. The Morgan fingerprint density at radius 3 is 2.90 bits per heavy atom. The van der Waals surface area contributed by atoms with Gasteiger partial charge in [-0.1, -0.05) is 6.92 Å². The van der Waals surface area contributed by atoms with Gasteiger partial charge in [0.1, 0.15) is 18.0 Å². The number of ether oxygens (including phenoxy) is 1. The maximum absolute atomic E-state index is 11.9. The van der Waals surface area contributed by atoms with E-state index in [9.17, 15) is 15.0 Å². The minimum absolute atomic E-state index is 0.153. The molecule has 112 valence electrons. The molecule has 1 unspecified atom stereocenters. The van der Waals surface area contributed by atoms with Crippen LogP contribution in [0.3, 0.4) is 0 Å². The van der Waals surface area contributed by atoms with Crippen LogP contribution in [-0.2, 0) is 4.74 Å². The highest BCUT2D eigenvalue weighted by molar-refractivity contribution is 5.35. The maximum atomic E-state index is 11.9. The number of hydrogen-bond acceptors (Lipinski definition) is 7. The predicted molar refractivity (Wildman–Crippen MR) is 72.1 cm³/mol. The van der Waals surface area contributed by atoms with E-state index < -0.39 is 30.2 Å². The van der Waals surface area contributed by atoms with Crippen LogP contribution in [0.2, 0.25) is 0 Å². The van der Waals surface area contributed by atoms with Crippen molar-refractivity contribution in [3.8, 4) is 0 Å². The van der Waals surface area contributed by atoms with Crippen molar-refractivity contribution in [2.24, 2.45) is 0 Å². The van der Waals surface area contributed by atoms with Gasteiger partial charge in [0.25, 0.3) is 0 Å². The molecule has 5 N–H and O–H groups in total. The van der Waals surface area contributed by atoms with Crippen molar-refractivity contribution < 1.29 is 14.9 Å². The smallest absolute Gasteiger partial charge is 0.351 e. The third-order valence-corrected chi connectivity index (χ3v) is 3.44. The number of aromatic nitrogens is 2. The topological polar surface area (TPSA) is 123 Å². The summed E-state index contributed by atoms with van der Waals surface area (Å²) < 4.78 is 6.77. The summed E-state index contributed by atoms with van der Waals surface area (Å²) in [6, 6.07) is -0.445. The fourth-order valence-corrected chi connectivity index (χ4v) is 2.38. The van der Waals surface area contributed by atoms with Crippen LogP contribution < -0.4 is 16.7 Å². The molecule has 0 amide bonds. The van der Waals surface area contributed by atoms with Gasteiger partial charge in [-0.3, -0.25) is 4.57 Å². The number of hydrogen-bond donors (Lipinski definition) is 4. The second kappa shape index (κ2) is 5.88. The van der Waals surface area contributed by atoms with Crippen LogP contribution in [0.4, 0.5) is 5.82 Å². The van der Waals surface area contributed by atoms with Crippen molar-refractivity contribution in [1.29, 1.82) is 0 Å². The van der Waals surface area contributed by atoms with Gasteiger partial charge >= 0.3 is 5.69 Å². The molecule has 1 aromatic rings. The van der Waals surface area contributed by atoms with E-state index in [0.29, 0.717) is 12.1 Å². The zero-order chi connectivity index (χ0) is 14.9. The van der Waals surface area contributed by atoms with Crippen LogP contribution in [0.25, 0.3) is 0 Å². The number of nitrogen functional groups attached to an aromatic ring is 1. The molecular formula is C12H20N4O4. The molecule has 8 heteroatoms. The largest absolute Gasteiger partial charge is 0.394 e. The van der Waals surface area contributed by atoms with Crippen LogP contribution in [-0.4, -0.2) is 51.2 Å². The molecule has 2 heterocycles. The molecule has 2 rings (SSSR count). The first-order valence-corrected chi connectivity index (χ1v) is 6.52. The third-order valence-electron chi connectivity index (χ3n) is 3.44. The van der Waals surface area contributed by atoms with Gasteiger partial charge in [0, 0.05) is 11.8 Å². The number of anilines is 1. The van der Waals surface area contributed by atoms with Crippen LogP contribution in [0.15, 0.2) is 11.0 Å². The number of nitrogens with one attached hydrogen (secondary N) is 1. The molecule has 1 aliphatic rings. The lowest BCUT2D eigenvalue weighted by molar-refractivity contribution is -0.0532. The average Bonchev–Trinajstić information content (AvgIpc) is 2.72. The molecule has 0 aromatic carbocycles. The number of rotatable bonds is 4. The first-order valence-electron chi connectivity index (χ1n) is 6.52. The molecular weight excluding hydrogens is 264 g/mol. The molecule has 1 fully saturated rings. The number of nitrogens with two attached hydrogens (primary N) is 1. The van der Waals surface area contributed by atoms with Crippen molar-refractivity contribution in [3.63, 3.8) is 0 Å². The van der Waals surface area contributed by atoms with Crippen LogP contribution in [0.5, 0.6) is 0 Å². The van der Waals surface area contributed by atoms with Gasteiger partial charge in [0.05, 0.1) is 12.6 Å². The molecule has 0 saturated carbocycles. The lowest BCUT2D eigenvalue weighted by Crippen LogP contribution is -2.46. The zero-order valence-corrected chi connectivity index (χ0v) is 11.5. The van der Waals surface area contributed by atoms with Gasteiger partial charge < -0.3 is 26.0 Å². The lowest BCUT2D eigenvalue weighted by atomic mass is 10.1. The van der Waals surface area contributed by atoms with E-state index >= 15 is 0 Å². The number of aliphatic hydroxyl groups is 2. The highest BCUT2D eigenvalue weighted by atomic mass is 16.5.